The van der Waals surface area contributed by atoms with E-state index in [0.717, 1.165) is 12.2 Å². The summed E-state index contributed by atoms with van der Waals surface area (Å²) < 4.78 is 13.4. The number of nitrogens with zero attached hydrogens (tertiary/aromatic N) is 2. The van der Waals surface area contributed by atoms with Crippen LogP contribution in [0.15, 0.2) is 18.2 Å². The highest BCUT2D eigenvalue weighted by molar-refractivity contribution is 7.80. The van der Waals surface area contributed by atoms with Crippen molar-refractivity contribution in [2.24, 2.45) is 5.73 Å². The molecule has 110 valence electrons. The maximum Gasteiger partial charge on any atom is 0.124 e. The van der Waals surface area contributed by atoms with Gasteiger partial charge >= 0.3 is 0 Å². The Balaban J connectivity index is 2.25. The molecule has 0 atom stereocenters. The second-order valence-electron chi connectivity index (χ2n) is 5.85. The summed E-state index contributed by atoms with van der Waals surface area (Å²) in [5, 5.41) is 0. The number of anilines is 1. The van der Waals surface area contributed by atoms with E-state index >= 15 is 0 Å². The van der Waals surface area contributed by atoms with Crippen LogP contribution in [0.1, 0.15) is 24.8 Å². The Labute approximate surface area is 125 Å². The summed E-state index contributed by atoms with van der Waals surface area (Å²) >= 11 is 5.04. The zero-order chi connectivity index (χ0) is 14.9. The van der Waals surface area contributed by atoms with E-state index in [1.165, 1.54) is 31.4 Å². The monoisotopic (exact) mass is 295 g/mol. The van der Waals surface area contributed by atoms with Gasteiger partial charge in [-0.25, -0.2) is 4.39 Å². The zero-order valence-corrected chi connectivity index (χ0v) is 13.1. The highest BCUT2D eigenvalue weighted by atomic mass is 32.1. The first-order chi connectivity index (χ1) is 9.35. The lowest BCUT2D eigenvalue weighted by Crippen LogP contribution is -2.56. The van der Waals surface area contributed by atoms with Gasteiger partial charge in [-0.15, -0.1) is 0 Å². The van der Waals surface area contributed by atoms with E-state index in [-0.39, 0.29) is 16.3 Å². The summed E-state index contributed by atoms with van der Waals surface area (Å²) in [7, 11) is 6.25. The van der Waals surface area contributed by atoms with Crippen molar-refractivity contribution in [3.8, 4) is 0 Å². The number of benzene rings is 1. The SMILES string of the molecule is CN(CC1(N(C)C)CCC1)c1ccc(F)cc1C(N)=S. The van der Waals surface area contributed by atoms with Crippen molar-refractivity contribution in [3.05, 3.63) is 29.6 Å². The minimum absolute atomic E-state index is 0.205. The highest BCUT2D eigenvalue weighted by Gasteiger charge is 2.40. The van der Waals surface area contributed by atoms with E-state index in [1.54, 1.807) is 6.07 Å². The van der Waals surface area contributed by atoms with E-state index in [9.17, 15) is 4.39 Å². The fraction of sp³-hybridized carbons (Fsp3) is 0.533. The molecule has 0 bridgehead atoms. The number of likely N-dealkylation sites (N-methyl/N-ethyl adjacent to an activating group) is 2. The molecule has 0 aromatic heterocycles. The van der Waals surface area contributed by atoms with Gasteiger partial charge in [-0.1, -0.05) is 12.2 Å². The fourth-order valence-electron chi connectivity index (χ4n) is 2.90. The Bertz CT molecular complexity index is 512. The summed E-state index contributed by atoms with van der Waals surface area (Å²) in [6.07, 6.45) is 3.64. The molecule has 0 amide bonds. The van der Waals surface area contributed by atoms with Gasteiger partial charge in [0, 0.05) is 30.4 Å². The van der Waals surface area contributed by atoms with Crippen molar-refractivity contribution in [2.75, 3.05) is 32.6 Å². The zero-order valence-electron chi connectivity index (χ0n) is 12.3. The molecule has 2 rings (SSSR count). The Morgan fingerprint density at radius 3 is 2.45 bits per heavy atom. The van der Waals surface area contributed by atoms with E-state index < -0.39 is 0 Å². The highest BCUT2D eigenvalue weighted by Crippen LogP contribution is 2.37. The molecule has 1 aromatic rings. The van der Waals surface area contributed by atoms with E-state index in [1.807, 2.05) is 7.05 Å². The van der Waals surface area contributed by atoms with Gasteiger partial charge in [0.25, 0.3) is 0 Å². The Morgan fingerprint density at radius 2 is 2.00 bits per heavy atom. The summed E-state index contributed by atoms with van der Waals surface area (Å²) in [5.74, 6) is -0.309. The number of halogens is 1. The second kappa shape index (κ2) is 5.66. The minimum atomic E-state index is -0.309. The van der Waals surface area contributed by atoms with Gasteiger partial charge in [0.05, 0.1) is 0 Å². The van der Waals surface area contributed by atoms with Crippen LogP contribution in [0.2, 0.25) is 0 Å². The maximum atomic E-state index is 13.4. The first kappa shape index (κ1) is 15.2. The molecule has 1 fully saturated rings. The number of thiocarbonyl (C=S) groups is 1. The summed E-state index contributed by atoms with van der Waals surface area (Å²) in [6, 6.07) is 4.62. The topological polar surface area (TPSA) is 32.5 Å². The van der Waals surface area contributed by atoms with Crippen LogP contribution in [0.4, 0.5) is 10.1 Å². The Morgan fingerprint density at radius 1 is 1.35 bits per heavy atom. The van der Waals surface area contributed by atoms with Crippen molar-refractivity contribution < 1.29 is 4.39 Å². The molecule has 5 heteroatoms. The van der Waals surface area contributed by atoms with Crippen molar-refractivity contribution in [2.45, 2.75) is 24.8 Å². The molecule has 1 aliphatic rings. The van der Waals surface area contributed by atoms with Gasteiger partial charge in [-0.05, 0) is 51.6 Å². The summed E-state index contributed by atoms with van der Waals surface area (Å²) in [4.78, 5) is 4.66. The van der Waals surface area contributed by atoms with Gasteiger partial charge in [0.1, 0.15) is 10.8 Å². The van der Waals surface area contributed by atoms with Crippen LogP contribution in [0.3, 0.4) is 0 Å². The van der Waals surface area contributed by atoms with Gasteiger partial charge in [0.15, 0.2) is 0 Å². The number of hydrogen-bond acceptors (Lipinski definition) is 3. The molecule has 3 nitrogen and oxygen atoms in total. The molecule has 0 spiro atoms. The van der Waals surface area contributed by atoms with Crippen LogP contribution >= 0.6 is 12.2 Å². The smallest absolute Gasteiger partial charge is 0.124 e. The molecule has 1 saturated carbocycles. The fourth-order valence-corrected chi connectivity index (χ4v) is 3.06. The third-order valence-electron chi connectivity index (χ3n) is 4.40. The molecule has 1 aliphatic carbocycles. The van der Waals surface area contributed by atoms with Crippen molar-refractivity contribution in [3.63, 3.8) is 0 Å². The molecule has 20 heavy (non-hydrogen) atoms. The van der Waals surface area contributed by atoms with E-state index in [4.69, 9.17) is 18.0 Å². The molecule has 0 radical (unpaired) electrons. The van der Waals surface area contributed by atoms with Crippen LogP contribution < -0.4 is 10.6 Å². The van der Waals surface area contributed by atoms with Gasteiger partial charge in [-0.3, -0.25) is 0 Å². The summed E-state index contributed by atoms with van der Waals surface area (Å²) in [5.41, 5.74) is 7.43. The minimum Gasteiger partial charge on any atom is -0.389 e. The molecule has 0 heterocycles. The molecule has 1 aromatic carbocycles. The first-order valence-electron chi connectivity index (χ1n) is 6.84. The normalized spacial score (nSPS) is 16.9. The van der Waals surface area contributed by atoms with Gasteiger partial charge in [0.2, 0.25) is 0 Å². The third-order valence-corrected chi connectivity index (χ3v) is 4.62. The van der Waals surface area contributed by atoms with Crippen LogP contribution in [0.5, 0.6) is 0 Å². The van der Waals surface area contributed by atoms with E-state index in [0.29, 0.717) is 5.56 Å². The summed E-state index contributed by atoms with van der Waals surface area (Å²) in [6.45, 7) is 0.890. The predicted octanol–water partition coefficient (Wildman–Crippen LogP) is 2.38. The predicted molar refractivity (Wildman–Crippen MR) is 85.8 cm³/mol. The molecule has 0 saturated heterocycles. The molecule has 0 aliphatic heterocycles. The lowest BCUT2D eigenvalue weighted by molar-refractivity contribution is 0.0683. The number of rotatable bonds is 5. The van der Waals surface area contributed by atoms with Crippen LogP contribution in [0, 0.1) is 5.82 Å². The van der Waals surface area contributed by atoms with E-state index in [2.05, 4.69) is 23.9 Å². The van der Waals surface area contributed by atoms with Crippen molar-refractivity contribution in [1.82, 2.24) is 4.90 Å². The molecular formula is C15H22FN3S. The average molecular weight is 295 g/mol. The lowest BCUT2D eigenvalue weighted by Gasteiger charge is -2.49. The van der Waals surface area contributed by atoms with Crippen LogP contribution in [0.25, 0.3) is 0 Å². The van der Waals surface area contributed by atoms with Crippen molar-refractivity contribution >= 4 is 22.9 Å². The quantitative estimate of drug-likeness (QED) is 0.846. The largest absolute Gasteiger partial charge is 0.389 e. The molecule has 0 unspecified atom stereocenters. The number of hydrogen-bond donors (Lipinski definition) is 1. The number of nitrogens with two attached hydrogens (primary N) is 1. The standard InChI is InChI=1S/C15H22FN3S/c1-18(2)15(7-4-8-15)10-19(3)13-6-5-11(16)9-12(13)14(17)20/h5-6,9H,4,7-8,10H2,1-3H3,(H2,17,20). The molecular weight excluding hydrogens is 273 g/mol. The maximum absolute atomic E-state index is 13.4. The second-order valence-corrected chi connectivity index (χ2v) is 6.29. The Hall–Kier alpha value is -1.20. The Kier molecular flexibility index (Phi) is 4.30. The van der Waals surface area contributed by atoms with Gasteiger partial charge < -0.3 is 15.5 Å². The van der Waals surface area contributed by atoms with Crippen LogP contribution in [-0.2, 0) is 0 Å². The third kappa shape index (κ3) is 2.79. The average Bonchev–Trinajstić information content (AvgIpc) is 2.32. The lowest BCUT2D eigenvalue weighted by atomic mass is 9.75. The molecule has 2 N–H and O–H groups in total. The van der Waals surface area contributed by atoms with Gasteiger partial charge in [-0.2, -0.15) is 0 Å². The van der Waals surface area contributed by atoms with Crippen LogP contribution in [-0.4, -0.2) is 43.1 Å². The van der Waals surface area contributed by atoms with Crippen molar-refractivity contribution in [1.29, 1.82) is 0 Å². The first-order valence-corrected chi connectivity index (χ1v) is 7.24.